The molecular weight excluding hydrogens is 565 g/mol. The van der Waals surface area contributed by atoms with Gasteiger partial charge in [0.15, 0.2) is 0 Å². The largest absolute Gasteiger partial charge is 0.309 e. The van der Waals surface area contributed by atoms with E-state index in [1.165, 1.54) is 50.6 Å². The molecule has 2 nitrogen and oxygen atoms in total. The Hall–Kier alpha value is -4.99. The molecule has 0 saturated carbocycles. The summed E-state index contributed by atoms with van der Waals surface area (Å²) in [5.41, 5.74) is 13.0. The van der Waals surface area contributed by atoms with Crippen LogP contribution < -0.4 is 0 Å². The molecule has 2 aromatic heterocycles. The number of nitrogens with zero attached hydrogens (tertiary/aromatic N) is 2. The van der Waals surface area contributed by atoms with Crippen LogP contribution in [0.4, 0.5) is 0 Å². The Morgan fingerprint density at radius 2 is 0.578 bits per heavy atom. The summed E-state index contributed by atoms with van der Waals surface area (Å²) in [7, 11) is 0. The Morgan fingerprint density at radius 1 is 0.333 bits per heavy atom. The van der Waals surface area contributed by atoms with Gasteiger partial charge in [-0.25, -0.2) is 0 Å². The molecule has 0 radical (unpaired) electrons. The van der Waals surface area contributed by atoms with Gasteiger partial charge in [0, 0.05) is 0 Å². The summed E-state index contributed by atoms with van der Waals surface area (Å²) in [5.74, 6) is 0. The minimum Gasteiger partial charge on any atom is -0.309 e. The molecule has 0 saturated heterocycles. The number of hydrogen-bond acceptors (Lipinski definition) is 1. The van der Waals surface area contributed by atoms with Crippen LogP contribution in [0.1, 0.15) is 19.4 Å². The van der Waals surface area contributed by atoms with Crippen LogP contribution in [0.3, 0.4) is 0 Å². The molecule has 0 bridgehead atoms. The molecule has 0 fully saturated rings. The Balaban J connectivity index is 0.000000963. The predicted octanol–water partition coefficient (Wildman–Crippen LogP) is 11.8. The highest BCUT2D eigenvalue weighted by atomic mass is 32.1. The molecule has 0 amide bonds. The number of aromatic nitrogens is 2. The van der Waals surface area contributed by atoms with E-state index in [1.54, 1.807) is 6.26 Å². The van der Waals surface area contributed by atoms with Crippen molar-refractivity contribution in [2.45, 2.75) is 20.8 Å². The van der Waals surface area contributed by atoms with Gasteiger partial charge in [0.2, 0.25) is 0 Å². The summed E-state index contributed by atoms with van der Waals surface area (Å²) >= 11 is 3.53. The fourth-order valence-electron chi connectivity index (χ4n) is 5.83. The van der Waals surface area contributed by atoms with Gasteiger partial charge in [0.05, 0.1) is 34.2 Å². The number of benzene rings is 5. The van der Waals surface area contributed by atoms with Gasteiger partial charge in [-0.2, -0.15) is 12.6 Å². The van der Waals surface area contributed by atoms with Crippen molar-refractivity contribution < 1.29 is 0 Å². The molecule has 45 heavy (non-hydrogen) atoms. The van der Waals surface area contributed by atoms with Gasteiger partial charge < -0.3 is 9.13 Å². The lowest BCUT2D eigenvalue weighted by molar-refractivity contribution is 1.03. The van der Waals surface area contributed by atoms with Crippen molar-refractivity contribution in [1.29, 1.82) is 0 Å². The van der Waals surface area contributed by atoms with Crippen LogP contribution in [0.5, 0.6) is 0 Å². The Bertz CT molecular complexity index is 1670. The van der Waals surface area contributed by atoms with Gasteiger partial charge in [-0.1, -0.05) is 141 Å². The molecule has 0 aliphatic rings. The zero-order valence-electron chi connectivity index (χ0n) is 26.4. The van der Waals surface area contributed by atoms with Crippen molar-refractivity contribution in [2.75, 3.05) is 6.26 Å². The zero-order chi connectivity index (χ0) is 31.6. The van der Waals surface area contributed by atoms with Crippen molar-refractivity contribution in [3.05, 3.63) is 169 Å². The van der Waals surface area contributed by atoms with Gasteiger partial charge in [0.25, 0.3) is 0 Å². The van der Waals surface area contributed by atoms with E-state index in [0.29, 0.717) is 0 Å². The molecule has 224 valence electrons. The maximum absolute atomic E-state index is 3.53. The van der Waals surface area contributed by atoms with Crippen molar-refractivity contribution in [1.82, 2.24) is 9.13 Å². The van der Waals surface area contributed by atoms with Gasteiger partial charge in [0.1, 0.15) is 0 Å². The maximum Gasteiger partial charge on any atom is 0.0535 e. The number of hydrogen-bond donors (Lipinski definition) is 1. The normalized spacial score (nSPS) is 10.3. The first kappa shape index (κ1) is 31.4. The maximum atomic E-state index is 3.53. The van der Waals surface area contributed by atoms with Crippen LogP contribution >= 0.6 is 12.6 Å². The van der Waals surface area contributed by atoms with E-state index in [1.807, 2.05) is 13.8 Å². The fourth-order valence-corrected chi connectivity index (χ4v) is 5.83. The molecule has 0 spiro atoms. The van der Waals surface area contributed by atoms with E-state index < -0.39 is 0 Å². The van der Waals surface area contributed by atoms with Crippen molar-refractivity contribution in [2.24, 2.45) is 0 Å². The van der Waals surface area contributed by atoms with Crippen LogP contribution in [0.25, 0.3) is 56.4 Å². The predicted molar refractivity (Wildman–Crippen MR) is 198 cm³/mol. The third kappa shape index (κ3) is 6.45. The van der Waals surface area contributed by atoms with Crippen LogP contribution in [-0.2, 0) is 0 Å². The summed E-state index contributed by atoms with van der Waals surface area (Å²) in [6.07, 6.45) is 1.69. The van der Waals surface area contributed by atoms with E-state index in [0.717, 1.165) is 11.4 Å². The average Bonchev–Trinajstić information content (AvgIpc) is 3.77. The first-order valence-electron chi connectivity index (χ1n) is 15.5. The lowest BCUT2D eigenvalue weighted by Crippen LogP contribution is -2.07. The second-order valence-corrected chi connectivity index (χ2v) is 10.3. The van der Waals surface area contributed by atoms with Crippen LogP contribution in [-0.4, -0.2) is 15.4 Å². The van der Waals surface area contributed by atoms with Crippen molar-refractivity contribution >= 4 is 12.6 Å². The van der Waals surface area contributed by atoms with Gasteiger partial charge in [-0.3, -0.25) is 0 Å². The third-order valence-corrected chi connectivity index (χ3v) is 7.80. The Kier molecular flexibility index (Phi) is 10.6. The van der Waals surface area contributed by atoms with E-state index in [4.69, 9.17) is 0 Å². The lowest BCUT2D eigenvalue weighted by atomic mass is 10.1. The van der Waals surface area contributed by atoms with Gasteiger partial charge in [-0.05, 0) is 77.4 Å². The number of thiol groups is 1. The van der Waals surface area contributed by atoms with E-state index in [-0.39, 0.29) is 0 Å². The van der Waals surface area contributed by atoms with E-state index >= 15 is 0 Å². The quantitative estimate of drug-likeness (QED) is 0.181. The molecule has 7 rings (SSSR count). The first-order chi connectivity index (χ1) is 22.3. The van der Waals surface area contributed by atoms with Crippen LogP contribution in [0.2, 0.25) is 0 Å². The molecule has 0 atom stereocenters. The molecule has 0 N–H and O–H groups in total. The second-order valence-electron chi connectivity index (χ2n) is 10.3. The van der Waals surface area contributed by atoms with Gasteiger partial charge >= 0.3 is 0 Å². The minimum absolute atomic E-state index is 1.16. The molecule has 5 aromatic carbocycles. The van der Waals surface area contributed by atoms with Crippen molar-refractivity contribution in [3.8, 4) is 56.4 Å². The van der Waals surface area contributed by atoms with E-state index in [9.17, 15) is 0 Å². The molecule has 0 unspecified atom stereocenters. The van der Waals surface area contributed by atoms with Crippen LogP contribution in [0, 0.1) is 6.92 Å². The Morgan fingerprint density at radius 3 is 0.822 bits per heavy atom. The molecule has 0 aliphatic carbocycles. The number of rotatable bonds is 6. The molecule has 3 heteroatoms. The molecular formula is C42H40N2S. The smallest absolute Gasteiger partial charge is 0.0535 e. The highest BCUT2D eigenvalue weighted by Crippen LogP contribution is 2.38. The summed E-state index contributed by atoms with van der Waals surface area (Å²) in [5, 5.41) is 0. The summed E-state index contributed by atoms with van der Waals surface area (Å²) in [6, 6.07) is 58.3. The summed E-state index contributed by atoms with van der Waals surface area (Å²) < 4.78 is 4.83. The second kappa shape index (κ2) is 15.1. The highest BCUT2D eigenvalue weighted by molar-refractivity contribution is 7.79. The summed E-state index contributed by atoms with van der Waals surface area (Å²) in [4.78, 5) is 0. The third-order valence-electron chi connectivity index (χ3n) is 7.80. The topological polar surface area (TPSA) is 9.86 Å². The SMILES string of the molecule is CC.CS.Cc1c(-n2c(-c3ccccc3)ccc2-c2ccccc2)cccc1-n1c(-c2ccccc2)ccc1-c1ccccc1. The lowest BCUT2D eigenvalue weighted by Gasteiger charge is -2.22. The zero-order valence-corrected chi connectivity index (χ0v) is 27.3. The highest BCUT2D eigenvalue weighted by Gasteiger charge is 2.20. The molecule has 2 heterocycles. The standard InChI is InChI=1S/C39H30N2.C2H6.CH4S/c1-29-34(40-36(30-15-6-2-7-16-30)25-26-37(40)31-17-8-3-9-18-31)23-14-24-35(29)41-38(32-19-10-4-11-20-32)27-28-39(41)33-21-12-5-13-22-33;2*1-2/h2-28H,1H3;1-2H3;2H,1H3. The fraction of sp³-hybridized carbons (Fsp3) is 0.0952. The first-order valence-corrected chi connectivity index (χ1v) is 16.4. The molecule has 0 aliphatic heterocycles. The molecule has 7 aromatic rings. The minimum atomic E-state index is 1.16. The van der Waals surface area contributed by atoms with Crippen LogP contribution in [0.15, 0.2) is 164 Å². The average molecular weight is 605 g/mol. The monoisotopic (exact) mass is 604 g/mol. The summed E-state index contributed by atoms with van der Waals surface area (Å²) in [6.45, 7) is 6.25. The van der Waals surface area contributed by atoms with E-state index in [2.05, 4.69) is 192 Å². The Labute approximate surface area is 273 Å². The van der Waals surface area contributed by atoms with Gasteiger partial charge in [-0.15, -0.1) is 0 Å². The van der Waals surface area contributed by atoms with Crippen molar-refractivity contribution in [3.63, 3.8) is 0 Å².